The minimum absolute atomic E-state index is 0.0975. The molecule has 3 heterocycles. The molecule has 2 saturated heterocycles. The first-order valence-corrected chi connectivity index (χ1v) is 10.1. The number of piperazine rings is 1. The van der Waals surface area contributed by atoms with Crippen molar-refractivity contribution in [2.75, 3.05) is 44.2 Å². The largest absolute Gasteiger partial charge is 0.352 e. The molecule has 1 aromatic heterocycles. The van der Waals surface area contributed by atoms with E-state index in [0.29, 0.717) is 25.9 Å². The summed E-state index contributed by atoms with van der Waals surface area (Å²) in [6, 6.07) is 8.27. The molecule has 0 atom stereocenters. The normalized spacial score (nSPS) is 17.9. The van der Waals surface area contributed by atoms with Gasteiger partial charge in [0.05, 0.1) is 4.70 Å². The van der Waals surface area contributed by atoms with Gasteiger partial charge >= 0.3 is 0 Å². The molecule has 2 aliphatic rings. The van der Waals surface area contributed by atoms with Crippen LogP contribution in [0.4, 0.5) is 5.82 Å². The minimum Gasteiger partial charge on any atom is -0.352 e. The number of carbonyl (C=O) groups is 2. The smallest absolute Gasteiger partial charge is 0.223 e. The lowest BCUT2D eigenvalue weighted by molar-refractivity contribution is -0.136. The van der Waals surface area contributed by atoms with Crippen molar-refractivity contribution in [3.05, 3.63) is 24.3 Å². The standard InChI is InChI=1S/C19H24N4O2S/c24-17(21-9-3-4-10-21)7-8-18(25)22-11-13-23(14-12-22)19-15-5-1-2-6-16(15)26-20-19/h1-2,5-6H,3-4,7-14H2. The molecule has 0 spiro atoms. The van der Waals surface area contributed by atoms with Crippen molar-refractivity contribution in [3.8, 4) is 0 Å². The lowest BCUT2D eigenvalue weighted by Gasteiger charge is -2.35. The summed E-state index contributed by atoms with van der Waals surface area (Å²) in [5.41, 5.74) is 0. The van der Waals surface area contributed by atoms with E-state index in [4.69, 9.17) is 0 Å². The molecule has 2 aromatic rings. The van der Waals surface area contributed by atoms with Gasteiger partial charge in [0.1, 0.15) is 5.82 Å². The number of amides is 2. The number of nitrogens with zero attached hydrogens (tertiary/aromatic N) is 4. The van der Waals surface area contributed by atoms with Crippen LogP contribution in [-0.2, 0) is 9.59 Å². The molecular weight excluding hydrogens is 348 g/mol. The third-order valence-corrected chi connectivity index (χ3v) is 6.12. The Balaban J connectivity index is 1.29. The highest BCUT2D eigenvalue weighted by Crippen LogP contribution is 2.29. The summed E-state index contributed by atoms with van der Waals surface area (Å²) in [6.45, 7) is 4.69. The summed E-state index contributed by atoms with van der Waals surface area (Å²) in [5.74, 6) is 1.26. The highest BCUT2D eigenvalue weighted by atomic mass is 32.1. The van der Waals surface area contributed by atoms with Crippen molar-refractivity contribution >= 4 is 39.3 Å². The maximum Gasteiger partial charge on any atom is 0.223 e. The zero-order valence-electron chi connectivity index (χ0n) is 14.9. The SMILES string of the molecule is O=C(CCC(=O)N1CCN(c2nsc3ccccc23)CC1)N1CCCC1. The molecule has 6 nitrogen and oxygen atoms in total. The van der Waals surface area contributed by atoms with Crippen LogP contribution >= 0.6 is 11.5 Å². The Morgan fingerprint density at radius 2 is 1.50 bits per heavy atom. The second kappa shape index (κ2) is 7.61. The molecule has 7 heteroatoms. The molecule has 0 bridgehead atoms. The van der Waals surface area contributed by atoms with E-state index in [9.17, 15) is 9.59 Å². The Bertz CT molecular complexity index is 792. The Morgan fingerprint density at radius 3 is 2.19 bits per heavy atom. The summed E-state index contributed by atoms with van der Waals surface area (Å²) in [6.07, 6.45) is 2.85. The third kappa shape index (κ3) is 3.53. The van der Waals surface area contributed by atoms with Crippen LogP contribution in [-0.4, -0.2) is 65.3 Å². The van der Waals surface area contributed by atoms with Crippen LogP contribution in [0, 0.1) is 0 Å². The van der Waals surface area contributed by atoms with Crippen molar-refractivity contribution in [1.82, 2.24) is 14.2 Å². The topological polar surface area (TPSA) is 56.8 Å². The maximum absolute atomic E-state index is 12.4. The second-order valence-corrected chi connectivity index (χ2v) is 7.76. The number of likely N-dealkylation sites (tertiary alicyclic amines) is 1. The third-order valence-electron chi connectivity index (χ3n) is 5.30. The van der Waals surface area contributed by atoms with Crippen LogP contribution in [0.3, 0.4) is 0 Å². The first-order chi connectivity index (χ1) is 12.7. The van der Waals surface area contributed by atoms with Crippen LogP contribution in [0.25, 0.3) is 10.1 Å². The van der Waals surface area contributed by atoms with Crippen LogP contribution in [0.1, 0.15) is 25.7 Å². The molecule has 0 radical (unpaired) electrons. The van der Waals surface area contributed by atoms with Crippen molar-refractivity contribution in [2.45, 2.75) is 25.7 Å². The predicted octanol–water partition coefficient (Wildman–Crippen LogP) is 2.35. The van der Waals surface area contributed by atoms with Gasteiger partial charge in [-0.15, -0.1) is 0 Å². The molecule has 0 aliphatic carbocycles. The van der Waals surface area contributed by atoms with E-state index in [1.165, 1.54) is 21.6 Å². The number of rotatable bonds is 4. The number of aromatic nitrogens is 1. The van der Waals surface area contributed by atoms with E-state index in [2.05, 4.69) is 21.4 Å². The van der Waals surface area contributed by atoms with Gasteiger partial charge in [-0.2, -0.15) is 4.37 Å². The van der Waals surface area contributed by atoms with Crippen molar-refractivity contribution in [1.29, 1.82) is 0 Å². The Morgan fingerprint density at radius 1 is 0.885 bits per heavy atom. The minimum atomic E-state index is 0.0975. The van der Waals surface area contributed by atoms with Crippen molar-refractivity contribution < 1.29 is 9.59 Å². The molecule has 2 amide bonds. The number of fused-ring (bicyclic) bond motifs is 1. The average molecular weight is 372 g/mol. The molecule has 0 unspecified atom stereocenters. The lowest BCUT2D eigenvalue weighted by atomic mass is 10.2. The molecular formula is C19H24N4O2S. The molecule has 4 rings (SSSR count). The molecule has 138 valence electrons. The zero-order chi connectivity index (χ0) is 17.9. The first kappa shape index (κ1) is 17.3. The monoisotopic (exact) mass is 372 g/mol. The van der Waals surface area contributed by atoms with Crippen LogP contribution in [0.15, 0.2) is 24.3 Å². The summed E-state index contributed by atoms with van der Waals surface area (Å²) in [5, 5.41) is 1.19. The van der Waals surface area contributed by atoms with Gasteiger partial charge in [-0.3, -0.25) is 9.59 Å². The number of hydrogen-bond donors (Lipinski definition) is 0. The first-order valence-electron chi connectivity index (χ1n) is 9.37. The summed E-state index contributed by atoms with van der Waals surface area (Å²) < 4.78 is 5.80. The fourth-order valence-electron chi connectivity index (χ4n) is 3.76. The van der Waals surface area contributed by atoms with Gasteiger partial charge in [0, 0.05) is 57.5 Å². The molecule has 2 fully saturated rings. The second-order valence-electron chi connectivity index (χ2n) is 6.96. The fraction of sp³-hybridized carbons (Fsp3) is 0.526. The van der Waals surface area contributed by atoms with Gasteiger partial charge in [0.2, 0.25) is 11.8 Å². The number of benzene rings is 1. The van der Waals surface area contributed by atoms with Gasteiger partial charge in [0.15, 0.2) is 0 Å². The van der Waals surface area contributed by atoms with Gasteiger partial charge in [0.25, 0.3) is 0 Å². The van der Waals surface area contributed by atoms with E-state index in [1.54, 1.807) is 0 Å². The number of hydrogen-bond acceptors (Lipinski definition) is 5. The fourth-order valence-corrected chi connectivity index (χ4v) is 4.56. The highest BCUT2D eigenvalue weighted by molar-refractivity contribution is 7.13. The summed E-state index contributed by atoms with van der Waals surface area (Å²) in [4.78, 5) is 30.6. The van der Waals surface area contributed by atoms with E-state index in [0.717, 1.165) is 44.8 Å². The molecule has 26 heavy (non-hydrogen) atoms. The zero-order valence-corrected chi connectivity index (χ0v) is 15.7. The lowest BCUT2D eigenvalue weighted by Crippen LogP contribution is -2.49. The molecule has 0 saturated carbocycles. The van der Waals surface area contributed by atoms with E-state index in [-0.39, 0.29) is 11.8 Å². The Kier molecular flexibility index (Phi) is 5.06. The molecule has 1 aromatic carbocycles. The van der Waals surface area contributed by atoms with Gasteiger partial charge in [-0.25, -0.2) is 0 Å². The molecule has 0 N–H and O–H groups in total. The summed E-state index contributed by atoms with van der Waals surface area (Å²) in [7, 11) is 0. The summed E-state index contributed by atoms with van der Waals surface area (Å²) >= 11 is 1.52. The van der Waals surface area contributed by atoms with E-state index in [1.807, 2.05) is 21.9 Å². The quantitative estimate of drug-likeness (QED) is 0.827. The van der Waals surface area contributed by atoms with Crippen LogP contribution in [0.2, 0.25) is 0 Å². The molecule has 2 aliphatic heterocycles. The predicted molar refractivity (Wildman–Crippen MR) is 103 cm³/mol. The van der Waals surface area contributed by atoms with Gasteiger partial charge < -0.3 is 14.7 Å². The Labute approximate surface area is 157 Å². The van der Waals surface area contributed by atoms with Gasteiger partial charge in [-0.05, 0) is 36.5 Å². The van der Waals surface area contributed by atoms with Crippen molar-refractivity contribution in [2.24, 2.45) is 0 Å². The number of carbonyl (C=O) groups excluding carboxylic acids is 2. The van der Waals surface area contributed by atoms with Gasteiger partial charge in [-0.1, -0.05) is 12.1 Å². The van der Waals surface area contributed by atoms with E-state index >= 15 is 0 Å². The number of anilines is 1. The Hall–Kier alpha value is -2.15. The van der Waals surface area contributed by atoms with Crippen LogP contribution in [0.5, 0.6) is 0 Å². The van der Waals surface area contributed by atoms with E-state index < -0.39 is 0 Å². The maximum atomic E-state index is 12.4. The highest BCUT2D eigenvalue weighted by Gasteiger charge is 2.25. The van der Waals surface area contributed by atoms with Crippen LogP contribution < -0.4 is 4.90 Å². The average Bonchev–Trinajstić information content (AvgIpc) is 3.36. The van der Waals surface area contributed by atoms with Crippen molar-refractivity contribution in [3.63, 3.8) is 0 Å².